The second kappa shape index (κ2) is 6.23. The summed E-state index contributed by atoms with van der Waals surface area (Å²) in [6.07, 6.45) is -4.29. The van der Waals surface area contributed by atoms with E-state index in [-0.39, 0.29) is 0 Å². The van der Waals surface area contributed by atoms with Crippen LogP contribution in [0, 0.1) is 0 Å². The first kappa shape index (κ1) is 17.0. The third-order valence-corrected chi connectivity index (χ3v) is 4.06. The number of carbonyl (C=O) groups is 2. The highest BCUT2D eigenvalue weighted by atomic mass is 19.4. The summed E-state index contributed by atoms with van der Waals surface area (Å²) in [4.78, 5) is 22.9. The van der Waals surface area contributed by atoms with Crippen LogP contribution >= 0.6 is 0 Å². The first-order valence-corrected chi connectivity index (χ1v) is 7.65. The van der Waals surface area contributed by atoms with Crippen LogP contribution in [0.5, 0.6) is 0 Å². The number of nitrogens with one attached hydrogen (secondary N) is 2. The van der Waals surface area contributed by atoms with Crippen molar-refractivity contribution >= 4 is 17.5 Å². The molecule has 2 aromatic carbocycles. The number of benzene rings is 2. The number of hydrogen-bond donors (Lipinski definition) is 2. The van der Waals surface area contributed by atoms with Crippen molar-refractivity contribution in [3.63, 3.8) is 0 Å². The second-order valence-electron chi connectivity index (χ2n) is 5.89. The van der Waals surface area contributed by atoms with Gasteiger partial charge in [0.15, 0.2) is 0 Å². The Labute approximate surface area is 142 Å². The van der Waals surface area contributed by atoms with Crippen LogP contribution in [0.1, 0.15) is 18.1 Å². The van der Waals surface area contributed by atoms with E-state index in [1.165, 1.54) is 12.5 Å². The lowest BCUT2D eigenvalue weighted by Gasteiger charge is -2.15. The molecule has 7 heteroatoms. The summed E-state index contributed by atoms with van der Waals surface area (Å²) in [5.74, 6) is -2.85. The molecule has 2 amide bonds. The molecule has 0 aliphatic heterocycles. The van der Waals surface area contributed by atoms with Crippen molar-refractivity contribution in [1.29, 1.82) is 0 Å². The Balaban J connectivity index is 1.69. The van der Waals surface area contributed by atoms with Crippen molar-refractivity contribution in [2.45, 2.75) is 25.6 Å². The molecule has 1 aliphatic carbocycles. The molecule has 1 aliphatic rings. The molecule has 3 rings (SSSR count). The van der Waals surface area contributed by atoms with Gasteiger partial charge in [0.2, 0.25) is 5.91 Å². The van der Waals surface area contributed by atoms with E-state index >= 15 is 0 Å². The summed E-state index contributed by atoms with van der Waals surface area (Å²) in [5.41, 5.74) is 4.91. The van der Waals surface area contributed by atoms with Gasteiger partial charge in [-0.2, -0.15) is 13.2 Å². The van der Waals surface area contributed by atoms with E-state index in [4.69, 9.17) is 0 Å². The summed E-state index contributed by atoms with van der Waals surface area (Å²) in [5, 5.41) is 4.16. The Morgan fingerprint density at radius 1 is 1.04 bits per heavy atom. The molecule has 0 aromatic heterocycles. The molecular weight excluding hydrogens is 333 g/mol. The van der Waals surface area contributed by atoms with Crippen LogP contribution in [0.2, 0.25) is 0 Å². The lowest BCUT2D eigenvalue weighted by molar-refractivity contribution is -0.174. The van der Waals surface area contributed by atoms with Crippen molar-refractivity contribution in [2.24, 2.45) is 0 Å². The summed E-state index contributed by atoms with van der Waals surface area (Å²) in [6.45, 7) is 1.20. The molecule has 130 valence electrons. The highest BCUT2D eigenvalue weighted by molar-refractivity contribution is 5.98. The smallest absolute Gasteiger partial charge is 0.337 e. The molecule has 0 radical (unpaired) electrons. The third kappa shape index (κ3) is 3.50. The number of alkyl halides is 3. The van der Waals surface area contributed by atoms with Gasteiger partial charge in [-0.05, 0) is 47.7 Å². The van der Waals surface area contributed by atoms with Crippen LogP contribution in [-0.4, -0.2) is 24.0 Å². The van der Waals surface area contributed by atoms with Crippen LogP contribution in [0.25, 0.3) is 11.1 Å². The molecule has 25 heavy (non-hydrogen) atoms. The number of rotatable bonds is 3. The zero-order valence-electron chi connectivity index (χ0n) is 13.3. The minimum atomic E-state index is -5.02. The van der Waals surface area contributed by atoms with Crippen LogP contribution in [-0.2, 0) is 16.0 Å². The van der Waals surface area contributed by atoms with Gasteiger partial charge >= 0.3 is 12.1 Å². The van der Waals surface area contributed by atoms with Gasteiger partial charge in [0.1, 0.15) is 6.04 Å². The molecule has 0 saturated heterocycles. The summed E-state index contributed by atoms with van der Waals surface area (Å²) in [7, 11) is 0. The number of carbonyl (C=O) groups excluding carboxylic acids is 2. The average Bonchev–Trinajstić information content (AvgIpc) is 2.91. The highest BCUT2D eigenvalue weighted by Crippen LogP contribution is 2.37. The lowest BCUT2D eigenvalue weighted by atomic mass is 10.1. The Hall–Kier alpha value is -2.83. The molecule has 0 heterocycles. The number of fused-ring (bicyclic) bond motifs is 3. The maximum Gasteiger partial charge on any atom is 0.471 e. The van der Waals surface area contributed by atoms with E-state index < -0.39 is 24.0 Å². The van der Waals surface area contributed by atoms with Crippen molar-refractivity contribution in [3.05, 3.63) is 53.6 Å². The monoisotopic (exact) mass is 348 g/mol. The predicted octanol–water partition coefficient (Wildman–Crippen LogP) is 3.26. The molecule has 0 saturated carbocycles. The zero-order valence-corrected chi connectivity index (χ0v) is 13.3. The van der Waals surface area contributed by atoms with Crippen molar-refractivity contribution in [2.75, 3.05) is 5.32 Å². The number of anilines is 1. The van der Waals surface area contributed by atoms with E-state index in [2.05, 4.69) is 5.32 Å². The summed E-state index contributed by atoms with van der Waals surface area (Å²) in [6, 6.07) is 12.0. The standard InChI is InChI=1S/C18H15F3N2O2/c1-10(22-17(25)18(19,20)21)16(24)23-13-6-7-15-12(9-13)8-11-4-2-3-5-14(11)15/h2-7,9-10H,8H2,1H3,(H,22,25)(H,23,24)/t10-/m0/s1. The first-order chi connectivity index (χ1) is 11.8. The minimum absolute atomic E-state index is 0.477. The van der Waals surface area contributed by atoms with Crippen molar-refractivity contribution < 1.29 is 22.8 Å². The Morgan fingerprint density at radius 3 is 2.44 bits per heavy atom. The van der Waals surface area contributed by atoms with Crippen molar-refractivity contribution in [3.8, 4) is 11.1 Å². The Kier molecular flexibility index (Phi) is 4.24. The lowest BCUT2D eigenvalue weighted by Crippen LogP contribution is -2.47. The fraction of sp³-hybridized carbons (Fsp3) is 0.222. The molecular formula is C18H15F3N2O2. The Bertz CT molecular complexity index is 846. The van der Waals surface area contributed by atoms with Gasteiger partial charge in [0.25, 0.3) is 0 Å². The van der Waals surface area contributed by atoms with Gasteiger partial charge in [-0.1, -0.05) is 30.3 Å². The summed E-state index contributed by atoms with van der Waals surface area (Å²) < 4.78 is 36.7. The number of halogens is 3. The second-order valence-corrected chi connectivity index (χ2v) is 5.89. The maximum absolute atomic E-state index is 12.2. The first-order valence-electron chi connectivity index (χ1n) is 7.65. The molecule has 4 nitrogen and oxygen atoms in total. The number of hydrogen-bond acceptors (Lipinski definition) is 2. The maximum atomic E-state index is 12.2. The quantitative estimate of drug-likeness (QED) is 0.763. The van der Waals surface area contributed by atoms with E-state index in [0.29, 0.717) is 5.69 Å². The van der Waals surface area contributed by atoms with Gasteiger partial charge in [0, 0.05) is 5.69 Å². The molecule has 1 atom stereocenters. The van der Waals surface area contributed by atoms with Crippen LogP contribution < -0.4 is 10.6 Å². The van der Waals surface area contributed by atoms with Gasteiger partial charge in [-0.25, -0.2) is 0 Å². The van der Waals surface area contributed by atoms with Crippen molar-refractivity contribution in [1.82, 2.24) is 5.32 Å². The fourth-order valence-electron chi connectivity index (χ4n) is 2.82. The van der Waals surface area contributed by atoms with Crippen LogP contribution in [0.15, 0.2) is 42.5 Å². The zero-order chi connectivity index (χ0) is 18.2. The van der Waals surface area contributed by atoms with E-state index in [1.54, 1.807) is 17.4 Å². The van der Waals surface area contributed by atoms with E-state index in [1.807, 2.05) is 30.3 Å². The predicted molar refractivity (Wildman–Crippen MR) is 87.0 cm³/mol. The molecule has 2 aromatic rings. The topological polar surface area (TPSA) is 58.2 Å². The molecule has 0 bridgehead atoms. The van der Waals surface area contributed by atoms with Crippen LogP contribution in [0.4, 0.5) is 18.9 Å². The van der Waals surface area contributed by atoms with Gasteiger partial charge in [-0.15, -0.1) is 0 Å². The van der Waals surface area contributed by atoms with Gasteiger partial charge in [0.05, 0.1) is 0 Å². The fourth-order valence-corrected chi connectivity index (χ4v) is 2.82. The molecule has 0 fully saturated rings. The highest BCUT2D eigenvalue weighted by Gasteiger charge is 2.40. The largest absolute Gasteiger partial charge is 0.471 e. The van der Waals surface area contributed by atoms with Gasteiger partial charge < -0.3 is 10.6 Å². The normalized spacial score (nSPS) is 13.6. The molecule has 2 N–H and O–H groups in total. The SMILES string of the molecule is C[C@H](NC(=O)C(F)(F)F)C(=O)Nc1ccc2c(c1)Cc1ccccc1-2. The molecule has 0 spiro atoms. The third-order valence-electron chi connectivity index (χ3n) is 4.06. The minimum Gasteiger partial charge on any atom is -0.337 e. The number of amides is 2. The van der Waals surface area contributed by atoms with E-state index in [0.717, 1.165) is 23.1 Å². The molecule has 0 unspecified atom stereocenters. The Morgan fingerprint density at radius 2 is 1.72 bits per heavy atom. The van der Waals surface area contributed by atoms with Crippen LogP contribution in [0.3, 0.4) is 0 Å². The van der Waals surface area contributed by atoms with Gasteiger partial charge in [-0.3, -0.25) is 9.59 Å². The summed E-state index contributed by atoms with van der Waals surface area (Å²) >= 11 is 0. The van der Waals surface area contributed by atoms with E-state index in [9.17, 15) is 22.8 Å². The average molecular weight is 348 g/mol.